The Morgan fingerprint density at radius 1 is 1.25 bits per heavy atom. The van der Waals surface area contributed by atoms with E-state index in [1.54, 1.807) is 6.26 Å². The van der Waals surface area contributed by atoms with Gasteiger partial charge < -0.3 is 13.9 Å². The van der Waals surface area contributed by atoms with Crippen molar-refractivity contribution in [1.82, 2.24) is 0 Å². The van der Waals surface area contributed by atoms with Crippen LogP contribution in [0.2, 0.25) is 0 Å². The van der Waals surface area contributed by atoms with Crippen molar-refractivity contribution in [2.24, 2.45) is 5.92 Å². The van der Waals surface area contributed by atoms with E-state index < -0.39 is 5.60 Å². The quantitative estimate of drug-likeness (QED) is 0.693. The molecule has 1 heterocycles. The second kappa shape index (κ2) is 7.29. The first-order valence-corrected chi connectivity index (χ1v) is 8.25. The predicted molar refractivity (Wildman–Crippen MR) is 95.2 cm³/mol. The number of benzene rings is 1. The molecule has 0 unspecified atom stereocenters. The molecule has 0 N–H and O–H groups in total. The van der Waals surface area contributed by atoms with Crippen molar-refractivity contribution in [1.29, 1.82) is 0 Å². The van der Waals surface area contributed by atoms with Gasteiger partial charge in [0.25, 0.3) is 0 Å². The number of rotatable bonds is 5. The molecule has 0 bridgehead atoms. The molecule has 0 atom stereocenters. The SMILES string of the molecule is C.CC(C)(C)OC(=O)CCC1CC(Oc2cccc3ccoc23)C1. The van der Waals surface area contributed by atoms with Crippen LogP contribution < -0.4 is 4.74 Å². The zero-order chi connectivity index (χ0) is 16.4. The Labute approximate surface area is 144 Å². The minimum absolute atomic E-state index is 0. The highest BCUT2D eigenvalue weighted by atomic mass is 16.6. The van der Waals surface area contributed by atoms with Crippen LogP contribution in [-0.4, -0.2) is 17.7 Å². The standard InChI is InChI=1S/C19H24O4.CH4/c1-19(2,3)23-17(20)8-7-13-11-15(12-13)22-16-6-4-5-14-9-10-21-18(14)16;/h4-6,9-10,13,15H,7-8,11-12H2,1-3H3;1H4. The average molecular weight is 332 g/mol. The van der Waals surface area contributed by atoms with E-state index in [0.29, 0.717) is 12.3 Å². The lowest BCUT2D eigenvalue weighted by Gasteiger charge is -2.35. The third kappa shape index (κ3) is 4.53. The van der Waals surface area contributed by atoms with Gasteiger partial charge in [-0.25, -0.2) is 0 Å². The number of esters is 1. The molecule has 24 heavy (non-hydrogen) atoms. The molecule has 2 aromatic rings. The molecule has 1 aliphatic carbocycles. The lowest BCUT2D eigenvalue weighted by atomic mass is 9.79. The summed E-state index contributed by atoms with van der Waals surface area (Å²) in [6.45, 7) is 5.69. The average Bonchev–Trinajstić information content (AvgIpc) is 2.88. The molecule has 0 saturated heterocycles. The Morgan fingerprint density at radius 3 is 2.71 bits per heavy atom. The van der Waals surface area contributed by atoms with Crippen molar-refractivity contribution in [2.75, 3.05) is 0 Å². The number of ether oxygens (including phenoxy) is 2. The van der Waals surface area contributed by atoms with E-state index in [2.05, 4.69) is 0 Å². The van der Waals surface area contributed by atoms with E-state index in [1.807, 2.05) is 45.0 Å². The molecule has 0 spiro atoms. The third-order valence-electron chi connectivity index (χ3n) is 4.11. The van der Waals surface area contributed by atoms with Gasteiger partial charge in [0.2, 0.25) is 0 Å². The van der Waals surface area contributed by atoms with Crippen LogP contribution in [0, 0.1) is 5.92 Å². The highest BCUT2D eigenvalue weighted by Gasteiger charge is 2.32. The highest BCUT2D eigenvalue weighted by Crippen LogP contribution is 2.36. The predicted octanol–water partition coefficient (Wildman–Crippen LogP) is 5.35. The molecule has 1 aromatic heterocycles. The number of fused-ring (bicyclic) bond motifs is 1. The Bertz CT molecular complexity index is 674. The van der Waals surface area contributed by atoms with Crippen molar-refractivity contribution in [3.8, 4) is 5.75 Å². The zero-order valence-corrected chi connectivity index (χ0v) is 14.0. The van der Waals surface area contributed by atoms with Crippen LogP contribution in [0.25, 0.3) is 11.0 Å². The minimum atomic E-state index is -0.399. The zero-order valence-electron chi connectivity index (χ0n) is 14.0. The Hall–Kier alpha value is -1.97. The van der Waals surface area contributed by atoms with Crippen molar-refractivity contribution >= 4 is 16.9 Å². The van der Waals surface area contributed by atoms with Crippen LogP contribution in [0.5, 0.6) is 5.75 Å². The lowest BCUT2D eigenvalue weighted by Crippen LogP contribution is -2.34. The number of furan rings is 1. The number of hydrogen-bond donors (Lipinski definition) is 0. The summed E-state index contributed by atoms with van der Waals surface area (Å²) in [7, 11) is 0. The summed E-state index contributed by atoms with van der Waals surface area (Å²) in [6.07, 6.45) is 5.23. The van der Waals surface area contributed by atoms with Gasteiger partial charge in [-0.2, -0.15) is 0 Å². The van der Waals surface area contributed by atoms with Gasteiger partial charge in [0.05, 0.1) is 12.4 Å². The van der Waals surface area contributed by atoms with E-state index in [9.17, 15) is 4.79 Å². The number of carbonyl (C=O) groups excluding carboxylic acids is 1. The third-order valence-corrected chi connectivity index (χ3v) is 4.11. The van der Waals surface area contributed by atoms with Crippen molar-refractivity contribution < 1.29 is 18.7 Å². The Morgan fingerprint density at radius 2 is 2.00 bits per heavy atom. The molecule has 4 nitrogen and oxygen atoms in total. The van der Waals surface area contributed by atoms with Crippen LogP contribution in [0.3, 0.4) is 0 Å². The van der Waals surface area contributed by atoms with Gasteiger partial charge in [-0.1, -0.05) is 19.6 Å². The fourth-order valence-electron chi connectivity index (χ4n) is 2.96. The molecule has 1 aliphatic rings. The summed E-state index contributed by atoms with van der Waals surface area (Å²) in [5, 5.41) is 1.06. The summed E-state index contributed by atoms with van der Waals surface area (Å²) < 4.78 is 16.9. The molecular formula is C20H28O4. The van der Waals surface area contributed by atoms with Gasteiger partial charge in [0, 0.05) is 11.8 Å². The summed E-state index contributed by atoms with van der Waals surface area (Å²) in [5.41, 5.74) is 0.411. The van der Waals surface area contributed by atoms with Crippen LogP contribution in [0.1, 0.15) is 53.9 Å². The van der Waals surface area contributed by atoms with Crippen molar-refractivity contribution in [3.05, 3.63) is 30.5 Å². The largest absolute Gasteiger partial charge is 0.486 e. The van der Waals surface area contributed by atoms with E-state index >= 15 is 0 Å². The number of hydrogen-bond acceptors (Lipinski definition) is 4. The van der Waals surface area contributed by atoms with Crippen molar-refractivity contribution in [2.45, 2.75) is 65.6 Å². The smallest absolute Gasteiger partial charge is 0.306 e. The van der Waals surface area contributed by atoms with Gasteiger partial charge in [0.1, 0.15) is 5.60 Å². The molecule has 0 aliphatic heterocycles. The first kappa shape index (κ1) is 18.4. The van der Waals surface area contributed by atoms with E-state index in [-0.39, 0.29) is 19.5 Å². The summed E-state index contributed by atoms with van der Waals surface area (Å²) >= 11 is 0. The second-order valence-corrected chi connectivity index (χ2v) is 7.30. The van der Waals surface area contributed by atoms with E-state index in [0.717, 1.165) is 36.0 Å². The molecule has 3 rings (SSSR count). The molecule has 4 heteroatoms. The molecule has 1 saturated carbocycles. The molecule has 0 amide bonds. The molecular weight excluding hydrogens is 304 g/mol. The fourth-order valence-corrected chi connectivity index (χ4v) is 2.96. The Kier molecular flexibility index (Phi) is 5.58. The number of carbonyl (C=O) groups is 1. The molecule has 132 valence electrons. The maximum Gasteiger partial charge on any atom is 0.306 e. The maximum absolute atomic E-state index is 11.7. The summed E-state index contributed by atoms with van der Waals surface area (Å²) in [5.74, 6) is 1.24. The van der Waals surface area contributed by atoms with Crippen LogP contribution >= 0.6 is 0 Å². The molecule has 0 radical (unpaired) electrons. The number of para-hydroxylation sites is 1. The highest BCUT2D eigenvalue weighted by molar-refractivity contribution is 5.82. The monoisotopic (exact) mass is 332 g/mol. The minimum Gasteiger partial charge on any atom is -0.486 e. The van der Waals surface area contributed by atoms with Crippen LogP contribution in [0.15, 0.2) is 34.9 Å². The van der Waals surface area contributed by atoms with Gasteiger partial charge >= 0.3 is 5.97 Å². The first-order valence-electron chi connectivity index (χ1n) is 8.25. The maximum atomic E-state index is 11.7. The summed E-state index contributed by atoms with van der Waals surface area (Å²) in [6, 6.07) is 7.87. The summed E-state index contributed by atoms with van der Waals surface area (Å²) in [4.78, 5) is 11.7. The first-order chi connectivity index (χ1) is 10.9. The van der Waals surface area contributed by atoms with Gasteiger partial charge in [-0.3, -0.25) is 4.79 Å². The van der Waals surface area contributed by atoms with Gasteiger partial charge in [-0.15, -0.1) is 0 Å². The fraction of sp³-hybridized carbons (Fsp3) is 0.550. The van der Waals surface area contributed by atoms with Crippen molar-refractivity contribution in [3.63, 3.8) is 0 Å². The normalized spacial score (nSPS) is 20.1. The van der Waals surface area contributed by atoms with E-state index in [4.69, 9.17) is 13.9 Å². The van der Waals surface area contributed by atoms with Crippen LogP contribution in [-0.2, 0) is 9.53 Å². The van der Waals surface area contributed by atoms with E-state index in [1.165, 1.54) is 0 Å². The molecule has 1 fully saturated rings. The topological polar surface area (TPSA) is 48.7 Å². The second-order valence-electron chi connectivity index (χ2n) is 7.30. The van der Waals surface area contributed by atoms with Gasteiger partial charge in [-0.05, 0) is 58.1 Å². The van der Waals surface area contributed by atoms with Crippen LogP contribution in [0.4, 0.5) is 0 Å². The van der Waals surface area contributed by atoms with Gasteiger partial charge in [0.15, 0.2) is 11.3 Å². The molecule has 1 aromatic carbocycles. The lowest BCUT2D eigenvalue weighted by molar-refractivity contribution is -0.155. The Balaban J connectivity index is 0.00000208.